The third-order valence-corrected chi connectivity index (χ3v) is 12.7. The minimum absolute atomic E-state index is 0.888. The Morgan fingerprint density at radius 1 is 0.266 bits per heavy atom. The van der Waals surface area contributed by atoms with Crippen molar-refractivity contribution < 1.29 is 4.74 Å². The fraction of sp³-hybridized carbons (Fsp3) is 0. The summed E-state index contributed by atoms with van der Waals surface area (Å²) in [5, 5.41) is 4.75. The number of anilines is 3. The van der Waals surface area contributed by atoms with Crippen LogP contribution in [0.5, 0.6) is 11.5 Å². The van der Waals surface area contributed by atoms with E-state index < -0.39 is 0 Å². The van der Waals surface area contributed by atoms with E-state index in [0.717, 1.165) is 56.2 Å². The normalized spacial score (nSPS) is 11.6. The van der Waals surface area contributed by atoms with Gasteiger partial charge in [-0.05, 0) is 114 Å². The molecule has 0 saturated carbocycles. The third-order valence-electron chi connectivity index (χ3n) is 12.7. The molecule has 0 radical (unpaired) electrons. The van der Waals surface area contributed by atoms with Crippen LogP contribution in [0.4, 0.5) is 17.1 Å². The molecular weight excluding hydrogens is 775 g/mol. The van der Waals surface area contributed by atoms with Crippen molar-refractivity contribution in [3.63, 3.8) is 0 Å². The molecule has 0 spiro atoms. The lowest BCUT2D eigenvalue weighted by Crippen LogP contribution is -2.11. The summed E-state index contributed by atoms with van der Waals surface area (Å²) in [6.45, 7) is 0. The van der Waals surface area contributed by atoms with Gasteiger partial charge in [-0.2, -0.15) is 0 Å². The Balaban J connectivity index is 1.02. The van der Waals surface area contributed by atoms with Crippen LogP contribution in [0.3, 0.4) is 0 Å². The standard InChI is InChI=1S/C62H41NO/c1-3-15-42(16-4-1)43-31-33-44(34-32-43)45-35-37-49(38-36-45)63(58-29-9-7-23-53(58)56-26-13-20-47-19-12-25-52(61(47)56)46-17-5-2-6-18-46)50-22-11-21-48(41-50)51-39-40-60-62-55(51)27-14-28-57(62)54-24-8-10-30-59(54)64-60/h1-41H. The Kier molecular flexibility index (Phi) is 9.20. The van der Waals surface area contributed by atoms with Gasteiger partial charge in [-0.1, -0.05) is 206 Å². The zero-order valence-electron chi connectivity index (χ0n) is 35.0. The third kappa shape index (κ3) is 6.52. The molecule has 0 saturated heterocycles. The van der Waals surface area contributed by atoms with Crippen molar-refractivity contribution in [2.24, 2.45) is 0 Å². The molecule has 0 amide bonds. The Morgan fingerprint density at radius 3 is 1.53 bits per heavy atom. The van der Waals surface area contributed by atoms with E-state index >= 15 is 0 Å². The predicted octanol–water partition coefficient (Wildman–Crippen LogP) is 17.6. The van der Waals surface area contributed by atoms with Gasteiger partial charge in [-0.3, -0.25) is 0 Å². The number of hydrogen-bond donors (Lipinski definition) is 0. The number of hydrogen-bond acceptors (Lipinski definition) is 2. The molecule has 300 valence electrons. The Labute approximate surface area is 373 Å². The molecule has 0 aliphatic carbocycles. The second kappa shape index (κ2) is 15.8. The van der Waals surface area contributed by atoms with Crippen LogP contribution in [0, 0.1) is 0 Å². The largest absolute Gasteiger partial charge is 0.456 e. The van der Waals surface area contributed by atoms with E-state index in [1.165, 1.54) is 60.7 Å². The lowest BCUT2D eigenvalue weighted by atomic mass is 9.90. The molecule has 0 fully saturated rings. The van der Waals surface area contributed by atoms with Gasteiger partial charge in [0.1, 0.15) is 11.5 Å². The molecule has 11 aromatic carbocycles. The van der Waals surface area contributed by atoms with Crippen LogP contribution < -0.4 is 9.64 Å². The first-order chi connectivity index (χ1) is 31.7. The van der Waals surface area contributed by atoms with Gasteiger partial charge in [0.05, 0.1) is 5.69 Å². The van der Waals surface area contributed by atoms with Gasteiger partial charge >= 0.3 is 0 Å². The number of para-hydroxylation sites is 2. The Bertz CT molecular complexity index is 3500. The maximum Gasteiger partial charge on any atom is 0.135 e. The van der Waals surface area contributed by atoms with Crippen molar-refractivity contribution in [3.05, 3.63) is 249 Å². The van der Waals surface area contributed by atoms with E-state index in [-0.39, 0.29) is 0 Å². The van der Waals surface area contributed by atoms with E-state index in [4.69, 9.17) is 4.74 Å². The van der Waals surface area contributed by atoms with E-state index in [1.54, 1.807) is 0 Å². The minimum atomic E-state index is 0.888. The van der Waals surface area contributed by atoms with Crippen LogP contribution >= 0.6 is 0 Å². The lowest BCUT2D eigenvalue weighted by Gasteiger charge is -2.29. The number of benzene rings is 11. The summed E-state index contributed by atoms with van der Waals surface area (Å²) in [5.41, 5.74) is 17.4. The summed E-state index contributed by atoms with van der Waals surface area (Å²) in [7, 11) is 0. The molecule has 2 heteroatoms. The van der Waals surface area contributed by atoms with Crippen molar-refractivity contribution in [3.8, 4) is 78.3 Å². The molecule has 1 heterocycles. The topological polar surface area (TPSA) is 12.5 Å². The number of fused-ring (bicyclic) bond motifs is 3. The maximum atomic E-state index is 6.50. The van der Waals surface area contributed by atoms with Gasteiger partial charge in [0.25, 0.3) is 0 Å². The zero-order valence-corrected chi connectivity index (χ0v) is 35.0. The molecule has 64 heavy (non-hydrogen) atoms. The van der Waals surface area contributed by atoms with E-state index in [0.29, 0.717) is 0 Å². The SMILES string of the molecule is c1ccc(-c2ccc(-c3ccc(N(c4cccc(-c5ccc6c7c(cccc57)-c5ccccc5O6)c4)c4ccccc4-c4cccc5cccc(-c6ccccc6)c45)cc3)cc2)cc1. The monoisotopic (exact) mass is 815 g/mol. The summed E-state index contributed by atoms with van der Waals surface area (Å²) in [4.78, 5) is 2.43. The van der Waals surface area contributed by atoms with Crippen LogP contribution in [-0.2, 0) is 0 Å². The van der Waals surface area contributed by atoms with Crippen LogP contribution in [0.1, 0.15) is 0 Å². The van der Waals surface area contributed by atoms with Crippen molar-refractivity contribution in [1.29, 1.82) is 0 Å². The maximum absolute atomic E-state index is 6.50. The van der Waals surface area contributed by atoms with E-state index in [9.17, 15) is 0 Å². The van der Waals surface area contributed by atoms with E-state index in [1.807, 2.05) is 6.07 Å². The first-order valence-electron chi connectivity index (χ1n) is 21.9. The Hall–Kier alpha value is -8.46. The van der Waals surface area contributed by atoms with Crippen LogP contribution in [0.25, 0.3) is 88.3 Å². The smallest absolute Gasteiger partial charge is 0.135 e. The van der Waals surface area contributed by atoms with Crippen molar-refractivity contribution in [2.45, 2.75) is 0 Å². The minimum Gasteiger partial charge on any atom is -0.456 e. The van der Waals surface area contributed by atoms with Crippen LogP contribution in [0.15, 0.2) is 249 Å². The van der Waals surface area contributed by atoms with Gasteiger partial charge in [0.15, 0.2) is 0 Å². The molecule has 0 unspecified atom stereocenters. The molecule has 1 aliphatic heterocycles. The predicted molar refractivity (Wildman–Crippen MR) is 269 cm³/mol. The van der Waals surface area contributed by atoms with Gasteiger partial charge in [-0.15, -0.1) is 0 Å². The molecule has 12 rings (SSSR count). The highest BCUT2D eigenvalue weighted by molar-refractivity contribution is 6.11. The molecule has 0 aromatic heterocycles. The van der Waals surface area contributed by atoms with Crippen molar-refractivity contribution in [1.82, 2.24) is 0 Å². The van der Waals surface area contributed by atoms with Gasteiger partial charge < -0.3 is 9.64 Å². The molecule has 2 nitrogen and oxygen atoms in total. The van der Waals surface area contributed by atoms with E-state index in [2.05, 4.69) is 248 Å². The quantitative estimate of drug-likeness (QED) is 0.151. The van der Waals surface area contributed by atoms with Crippen molar-refractivity contribution >= 4 is 38.6 Å². The summed E-state index contributed by atoms with van der Waals surface area (Å²) in [6.07, 6.45) is 0. The van der Waals surface area contributed by atoms with Crippen LogP contribution in [0.2, 0.25) is 0 Å². The summed E-state index contributed by atoms with van der Waals surface area (Å²) >= 11 is 0. The molecular formula is C62H41NO. The highest BCUT2D eigenvalue weighted by atomic mass is 16.5. The molecule has 11 aromatic rings. The summed E-state index contributed by atoms with van der Waals surface area (Å²) in [5.74, 6) is 1.78. The molecule has 0 bridgehead atoms. The Morgan fingerprint density at radius 2 is 0.797 bits per heavy atom. The van der Waals surface area contributed by atoms with Gasteiger partial charge in [0.2, 0.25) is 0 Å². The first kappa shape index (κ1) is 37.3. The van der Waals surface area contributed by atoms with Gasteiger partial charge in [-0.25, -0.2) is 0 Å². The highest BCUT2D eigenvalue weighted by Crippen LogP contribution is 2.50. The first-order valence-corrected chi connectivity index (χ1v) is 21.9. The summed E-state index contributed by atoms with van der Waals surface area (Å²) in [6, 6.07) is 89.7. The van der Waals surface area contributed by atoms with Gasteiger partial charge in [0, 0.05) is 27.9 Å². The van der Waals surface area contributed by atoms with Crippen molar-refractivity contribution in [2.75, 3.05) is 4.90 Å². The average molecular weight is 816 g/mol. The molecule has 1 aliphatic rings. The number of rotatable bonds is 8. The second-order valence-corrected chi connectivity index (χ2v) is 16.4. The highest BCUT2D eigenvalue weighted by Gasteiger charge is 2.23. The average Bonchev–Trinajstić information content (AvgIpc) is 3.37. The zero-order chi connectivity index (χ0) is 42.4. The molecule has 0 atom stereocenters. The number of nitrogens with zero attached hydrogens (tertiary/aromatic N) is 1. The fourth-order valence-electron chi connectivity index (χ4n) is 9.68. The fourth-order valence-corrected chi connectivity index (χ4v) is 9.68. The second-order valence-electron chi connectivity index (χ2n) is 16.4. The summed E-state index contributed by atoms with van der Waals surface area (Å²) < 4.78 is 6.50. The molecule has 0 N–H and O–H groups in total. The van der Waals surface area contributed by atoms with Crippen LogP contribution in [-0.4, -0.2) is 0 Å². The lowest BCUT2D eigenvalue weighted by molar-refractivity contribution is 0.487. The number of ether oxygens (including phenoxy) is 1.